The van der Waals surface area contributed by atoms with E-state index >= 15 is 0 Å². The molecule has 0 saturated heterocycles. The molecule has 0 bridgehead atoms. The Hall–Kier alpha value is -1.29. The Kier molecular flexibility index (Phi) is 4.64. The van der Waals surface area contributed by atoms with Crippen LogP contribution in [0.15, 0.2) is 12.1 Å². The standard InChI is InChI=1S/C14H19ClN2O2/c1-9-3-2-4-11(6-5-9)16-13-8-10(14(18)19)7-12(15)17-13/h7-9,11H,2-6H2,1H3,(H,16,17)(H,18,19). The second kappa shape index (κ2) is 6.24. The van der Waals surface area contributed by atoms with Crippen LogP contribution < -0.4 is 5.32 Å². The first kappa shape index (κ1) is 14.1. The summed E-state index contributed by atoms with van der Waals surface area (Å²) in [6, 6.07) is 3.27. The van der Waals surface area contributed by atoms with E-state index in [2.05, 4.69) is 17.2 Å². The summed E-state index contributed by atoms with van der Waals surface area (Å²) in [7, 11) is 0. The number of rotatable bonds is 3. The zero-order valence-corrected chi connectivity index (χ0v) is 11.8. The predicted molar refractivity (Wildman–Crippen MR) is 75.9 cm³/mol. The Bertz CT molecular complexity index is 465. The molecular weight excluding hydrogens is 264 g/mol. The molecule has 5 heteroatoms. The highest BCUT2D eigenvalue weighted by Crippen LogP contribution is 2.25. The highest BCUT2D eigenvalue weighted by atomic mass is 35.5. The molecule has 1 fully saturated rings. The van der Waals surface area contributed by atoms with E-state index in [0.29, 0.717) is 11.9 Å². The lowest BCUT2D eigenvalue weighted by molar-refractivity contribution is 0.0697. The largest absolute Gasteiger partial charge is 0.478 e. The number of pyridine rings is 1. The SMILES string of the molecule is CC1CCCC(Nc2cc(C(=O)O)cc(Cl)n2)CC1. The van der Waals surface area contributed by atoms with Gasteiger partial charge < -0.3 is 10.4 Å². The van der Waals surface area contributed by atoms with Crippen LogP contribution >= 0.6 is 11.6 Å². The molecular formula is C14H19ClN2O2. The highest BCUT2D eigenvalue weighted by Gasteiger charge is 2.17. The van der Waals surface area contributed by atoms with Gasteiger partial charge in [0.15, 0.2) is 0 Å². The number of carboxylic acid groups (broad SMARTS) is 1. The molecule has 0 amide bonds. The van der Waals surface area contributed by atoms with Crippen LogP contribution in [0.1, 0.15) is 49.4 Å². The minimum atomic E-state index is -0.984. The molecule has 1 saturated carbocycles. The number of nitrogens with one attached hydrogen (secondary N) is 1. The van der Waals surface area contributed by atoms with Gasteiger partial charge in [-0.1, -0.05) is 31.4 Å². The second-order valence-electron chi connectivity index (χ2n) is 5.32. The summed E-state index contributed by atoms with van der Waals surface area (Å²) in [6.45, 7) is 2.28. The molecule has 1 heterocycles. The Labute approximate surface area is 118 Å². The number of carbonyl (C=O) groups is 1. The van der Waals surface area contributed by atoms with Crippen molar-refractivity contribution in [3.8, 4) is 0 Å². The average Bonchev–Trinajstić information content (AvgIpc) is 2.54. The highest BCUT2D eigenvalue weighted by molar-refractivity contribution is 6.29. The maximum Gasteiger partial charge on any atom is 0.335 e. The number of nitrogens with zero attached hydrogens (tertiary/aromatic N) is 1. The van der Waals surface area contributed by atoms with Crippen molar-refractivity contribution in [3.05, 3.63) is 22.8 Å². The van der Waals surface area contributed by atoms with E-state index in [1.165, 1.54) is 25.3 Å². The third-order valence-corrected chi connectivity index (χ3v) is 3.84. The molecule has 4 nitrogen and oxygen atoms in total. The van der Waals surface area contributed by atoms with Crippen molar-refractivity contribution in [2.45, 2.75) is 45.1 Å². The van der Waals surface area contributed by atoms with Crippen LogP contribution in [0.2, 0.25) is 5.15 Å². The maximum atomic E-state index is 11.0. The van der Waals surface area contributed by atoms with Gasteiger partial charge in [0.05, 0.1) is 5.56 Å². The molecule has 0 aliphatic heterocycles. The van der Waals surface area contributed by atoms with Gasteiger partial charge in [0, 0.05) is 6.04 Å². The van der Waals surface area contributed by atoms with E-state index in [9.17, 15) is 4.79 Å². The number of aromatic nitrogens is 1. The first-order valence-electron chi connectivity index (χ1n) is 6.72. The van der Waals surface area contributed by atoms with Crippen molar-refractivity contribution in [1.29, 1.82) is 0 Å². The van der Waals surface area contributed by atoms with Crippen molar-refractivity contribution in [2.24, 2.45) is 5.92 Å². The molecule has 2 N–H and O–H groups in total. The van der Waals surface area contributed by atoms with Crippen LogP contribution in [0, 0.1) is 5.92 Å². The predicted octanol–water partition coefficient (Wildman–Crippen LogP) is 3.81. The van der Waals surface area contributed by atoms with E-state index in [0.717, 1.165) is 18.8 Å². The summed E-state index contributed by atoms with van der Waals surface area (Å²) in [4.78, 5) is 15.1. The fourth-order valence-electron chi connectivity index (χ4n) is 2.53. The zero-order chi connectivity index (χ0) is 13.8. The number of halogens is 1. The lowest BCUT2D eigenvalue weighted by atomic mass is 10.0. The summed E-state index contributed by atoms with van der Waals surface area (Å²) in [5.74, 6) is 0.347. The lowest BCUT2D eigenvalue weighted by Crippen LogP contribution is -2.19. The van der Waals surface area contributed by atoms with Crippen molar-refractivity contribution >= 4 is 23.4 Å². The van der Waals surface area contributed by atoms with Crippen molar-refractivity contribution in [3.63, 3.8) is 0 Å². The maximum absolute atomic E-state index is 11.0. The van der Waals surface area contributed by atoms with Gasteiger partial charge in [-0.3, -0.25) is 0 Å². The summed E-state index contributed by atoms with van der Waals surface area (Å²) >= 11 is 5.85. The molecule has 1 aromatic rings. The van der Waals surface area contributed by atoms with Crippen LogP contribution in [-0.2, 0) is 0 Å². The average molecular weight is 283 g/mol. The van der Waals surface area contributed by atoms with Crippen LogP contribution in [0.4, 0.5) is 5.82 Å². The van der Waals surface area contributed by atoms with Gasteiger partial charge in [0.25, 0.3) is 0 Å². The van der Waals surface area contributed by atoms with Crippen molar-refractivity contribution in [1.82, 2.24) is 4.98 Å². The summed E-state index contributed by atoms with van der Waals surface area (Å²) in [6.07, 6.45) is 5.86. The summed E-state index contributed by atoms with van der Waals surface area (Å²) in [5, 5.41) is 12.5. The molecule has 19 heavy (non-hydrogen) atoms. The van der Waals surface area contributed by atoms with Crippen molar-refractivity contribution in [2.75, 3.05) is 5.32 Å². The van der Waals surface area contributed by atoms with E-state index in [1.54, 1.807) is 6.07 Å². The van der Waals surface area contributed by atoms with E-state index < -0.39 is 5.97 Å². The zero-order valence-electron chi connectivity index (χ0n) is 11.0. The van der Waals surface area contributed by atoms with Crippen molar-refractivity contribution < 1.29 is 9.90 Å². The quantitative estimate of drug-likeness (QED) is 0.654. The third kappa shape index (κ3) is 4.10. The fraction of sp³-hybridized carbons (Fsp3) is 0.571. The smallest absolute Gasteiger partial charge is 0.335 e. The Morgan fingerprint density at radius 1 is 1.37 bits per heavy atom. The Balaban J connectivity index is 2.07. The number of anilines is 1. The van der Waals surface area contributed by atoms with E-state index in [1.807, 2.05) is 0 Å². The van der Waals surface area contributed by atoms with Gasteiger partial charge >= 0.3 is 5.97 Å². The Morgan fingerprint density at radius 2 is 2.16 bits per heavy atom. The number of carboxylic acids is 1. The van der Waals surface area contributed by atoms with E-state index in [-0.39, 0.29) is 10.7 Å². The van der Waals surface area contributed by atoms with Gasteiger partial charge in [-0.25, -0.2) is 9.78 Å². The lowest BCUT2D eigenvalue weighted by Gasteiger charge is -2.17. The monoisotopic (exact) mass is 282 g/mol. The molecule has 0 radical (unpaired) electrons. The van der Waals surface area contributed by atoms with Crippen LogP contribution in [0.25, 0.3) is 0 Å². The molecule has 2 rings (SSSR count). The fourth-order valence-corrected chi connectivity index (χ4v) is 2.74. The van der Waals surface area contributed by atoms with Crippen LogP contribution in [0.3, 0.4) is 0 Å². The molecule has 1 aliphatic carbocycles. The molecule has 0 spiro atoms. The van der Waals surface area contributed by atoms with E-state index in [4.69, 9.17) is 16.7 Å². The normalized spacial score (nSPS) is 23.7. The summed E-state index contributed by atoms with van der Waals surface area (Å²) in [5.41, 5.74) is 0.171. The second-order valence-corrected chi connectivity index (χ2v) is 5.71. The Morgan fingerprint density at radius 3 is 2.89 bits per heavy atom. The van der Waals surface area contributed by atoms with Gasteiger partial charge in [-0.15, -0.1) is 0 Å². The van der Waals surface area contributed by atoms with Crippen LogP contribution in [-0.4, -0.2) is 22.1 Å². The molecule has 104 valence electrons. The first-order valence-corrected chi connectivity index (χ1v) is 7.10. The molecule has 1 aliphatic rings. The minimum Gasteiger partial charge on any atom is -0.478 e. The van der Waals surface area contributed by atoms with Gasteiger partial charge in [0.2, 0.25) is 0 Å². The van der Waals surface area contributed by atoms with Gasteiger partial charge in [-0.05, 0) is 37.3 Å². The van der Waals surface area contributed by atoms with Crippen LogP contribution in [0.5, 0.6) is 0 Å². The van der Waals surface area contributed by atoms with Gasteiger partial charge in [-0.2, -0.15) is 0 Å². The third-order valence-electron chi connectivity index (χ3n) is 3.65. The molecule has 2 unspecified atom stereocenters. The number of hydrogen-bond donors (Lipinski definition) is 2. The first-order chi connectivity index (χ1) is 9.04. The van der Waals surface area contributed by atoms with Gasteiger partial charge in [0.1, 0.15) is 11.0 Å². The molecule has 2 atom stereocenters. The topological polar surface area (TPSA) is 62.2 Å². The summed E-state index contributed by atoms with van der Waals surface area (Å²) < 4.78 is 0. The minimum absolute atomic E-state index is 0.171. The molecule has 1 aromatic heterocycles. The molecule has 0 aromatic carbocycles. The number of hydrogen-bond acceptors (Lipinski definition) is 3. The number of aromatic carboxylic acids is 1.